The highest BCUT2D eigenvalue weighted by Crippen LogP contribution is 2.18. The number of rotatable bonds is 4. The molecule has 4 rings (SSSR count). The summed E-state index contributed by atoms with van der Waals surface area (Å²) >= 11 is 0. The van der Waals surface area contributed by atoms with Crippen LogP contribution in [-0.2, 0) is 0 Å². The first-order valence-corrected chi connectivity index (χ1v) is 9.46. The number of piperazine rings is 1. The van der Waals surface area contributed by atoms with E-state index in [4.69, 9.17) is 0 Å². The number of amides is 1. The molecule has 0 atom stereocenters. The summed E-state index contributed by atoms with van der Waals surface area (Å²) in [6.07, 6.45) is 0. The van der Waals surface area contributed by atoms with Crippen LogP contribution >= 0.6 is 0 Å². The summed E-state index contributed by atoms with van der Waals surface area (Å²) in [6.45, 7) is 4.79. The van der Waals surface area contributed by atoms with Crippen molar-refractivity contribution in [2.75, 3.05) is 36.4 Å². The molecule has 3 aromatic rings. The van der Waals surface area contributed by atoms with Gasteiger partial charge in [-0.15, -0.1) is 0 Å². The lowest BCUT2D eigenvalue weighted by Crippen LogP contribution is -2.49. The van der Waals surface area contributed by atoms with Crippen molar-refractivity contribution in [3.63, 3.8) is 0 Å². The fraction of sp³-hybridized carbons (Fsp3) is 0.227. The van der Waals surface area contributed by atoms with Crippen LogP contribution in [0.5, 0.6) is 0 Å². The summed E-state index contributed by atoms with van der Waals surface area (Å²) < 4.78 is 0. The number of carbonyl (C=O) groups excluding carboxylic acids is 1. The molecule has 142 valence electrons. The van der Waals surface area contributed by atoms with Crippen molar-refractivity contribution in [3.8, 4) is 0 Å². The van der Waals surface area contributed by atoms with E-state index in [0.29, 0.717) is 30.4 Å². The molecule has 1 N–H and O–H groups in total. The second kappa shape index (κ2) is 8.08. The number of para-hydroxylation sites is 2. The Kier molecular flexibility index (Phi) is 5.19. The molecule has 0 spiro atoms. The van der Waals surface area contributed by atoms with E-state index in [1.807, 2.05) is 53.4 Å². The number of hydrogen-bond acceptors (Lipinski definition) is 5. The van der Waals surface area contributed by atoms with Crippen LogP contribution < -0.4 is 10.2 Å². The molecular formula is C22H23N5O. The number of benzene rings is 2. The van der Waals surface area contributed by atoms with Gasteiger partial charge in [0.05, 0.1) is 0 Å². The van der Waals surface area contributed by atoms with E-state index < -0.39 is 0 Å². The molecule has 1 aromatic heterocycles. The van der Waals surface area contributed by atoms with E-state index >= 15 is 0 Å². The number of nitrogens with one attached hydrogen (secondary N) is 1. The lowest BCUT2D eigenvalue weighted by Gasteiger charge is -2.36. The summed E-state index contributed by atoms with van der Waals surface area (Å²) in [5.74, 6) is 1.16. The predicted octanol–water partition coefficient (Wildman–Crippen LogP) is 3.49. The molecule has 0 saturated carbocycles. The van der Waals surface area contributed by atoms with Gasteiger partial charge in [-0.25, -0.2) is 9.97 Å². The normalized spacial score (nSPS) is 14.0. The van der Waals surface area contributed by atoms with Gasteiger partial charge in [-0.3, -0.25) is 4.79 Å². The first-order chi connectivity index (χ1) is 13.7. The van der Waals surface area contributed by atoms with E-state index in [1.54, 1.807) is 13.0 Å². The second-order valence-corrected chi connectivity index (χ2v) is 6.79. The average molecular weight is 373 g/mol. The third-order valence-corrected chi connectivity index (χ3v) is 4.79. The molecule has 2 aromatic carbocycles. The Balaban J connectivity index is 1.45. The molecule has 1 aliphatic rings. The Hall–Kier alpha value is -3.41. The highest BCUT2D eigenvalue weighted by atomic mass is 16.2. The molecule has 28 heavy (non-hydrogen) atoms. The van der Waals surface area contributed by atoms with Crippen molar-refractivity contribution in [2.24, 2.45) is 0 Å². The maximum atomic E-state index is 13.0. The van der Waals surface area contributed by atoms with Crippen molar-refractivity contribution in [2.45, 2.75) is 6.92 Å². The molecule has 0 radical (unpaired) electrons. The van der Waals surface area contributed by atoms with Crippen LogP contribution in [0.2, 0.25) is 0 Å². The van der Waals surface area contributed by atoms with Gasteiger partial charge in [-0.2, -0.15) is 0 Å². The van der Waals surface area contributed by atoms with Crippen LogP contribution in [0, 0.1) is 6.92 Å². The Morgan fingerprint density at radius 2 is 1.54 bits per heavy atom. The summed E-state index contributed by atoms with van der Waals surface area (Å²) in [5, 5.41) is 3.24. The van der Waals surface area contributed by atoms with Crippen LogP contribution in [-0.4, -0.2) is 47.0 Å². The van der Waals surface area contributed by atoms with E-state index in [0.717, 1.165) is 18.8 Å². The molecule has 1 amide bonds. The lowest BCUT2D eigenvalue weighted by atomic mass is 10.2. The molecule has 1 saturated heterocycles. The monoisotopic (exact) mass is 373 g/mol. The number of aryl methyl sites for hydroxylation is 1. The third-order valence-electron chi connectivity index (χ3n) is 4.79. The Morgan fingerprint density at radius 1 is 0.893 bits per heavy atom. The molecule has 0 bridgehead atoms. The number of nitrogens with zero attached hydrogens (tertiary/aromatic N) is 4. The minimum Gasteiger partial charge on any atom is -0.368 e. The first kappa shape index (κ1) is 18.0. The van der Waals surface area contributed by atoms with Crippen molar-refractivity contribution in [3.05, 3.63) is 78.2 Å². The molecule has 6 heteroatoms. The average Bonchev–Trinajstić information content (AvgIpc) is 2.74. The van der Waals surface area contributed by atoms with Gasteiger partial charge in [0.1, 0.15) is 17.3 Å². The van der Waals surface area contributed by atoms with Crippen LogP contribution in [0.3, 0.4) is 0 Å². The largest absolute Gasteiger partial charge is 0.368 e. The minimum atomic E-state index is -0.0469. The van der Waals surface area contributed by atoms with E-state index in [2.05, 4.69) is 32.3 Å². The topological polar surface area (TPSA) is 61.4 Å². The zero-order valence-electron chi connectivity index (χ0n) is 15.9. The molecule has 6 nitrogen and oxygen atoms in total. The van der Waals surface area contributed by atoms with Gasteiger partial charge in [-0.1, -0.05) is 36.4 Å². The van der Waals surface area contributed by atoms with Crippen LogP contribution in [0.4, 0.5) is 17.2 Å². The predicted molar refractivity (Wildman–Crippen MR) is 111 cm³/mol. The standard InChI is InChI=1S/C22H23N5O/c1-17-23-20(16-21(24-17)25-18-8-4-2-5-9-18)22(28)27-14-12-26(13-15-27)19-10-6-3-7-11-19/h2-11,16H,12-15H2,1H3,(H,23,24,25). The smallest absolute Gasteiger partial charge is 0.272 e. The third kappa shape index (κ3) is 4.11. The summed E-state index contributed by atoms with van der Waals surface area (Å²) in [6, 6.07) is 21.8. The fourth-order valence-electron chi connectivity index (χ4n) is 3.38. The SMILES string of the molecule is Cc1nc(Nc2ccccc2)cc(C(=O)N2CCN(c3ccccc3)CC2)n1. The highest BCUT2D eigenvalue weighted by molar-refractivity contribution is 5.93. The maximum absolute atomic E-state index is 13.0. The van der Waals surface area contributed by atoms with Crippen LogP contribution in [0.1, 0.15) is 16.3 Å². The van der Waals surface area contributed by atoms with Gasteiger partial charge >= 0.3 is 0 Å². The number of anilines is 3. The van der Waals surface area contributed by atoms with Gasteiger partial charge in [0, 0.05) is 43.6 Å². The highest BCUT2D eigenvalue weighted by Gasteiger charge is 2.23. The summed E-state index contributed by atoms with van der Waals surface area (Å²) in [5.41, 5.74) is 2.55. The van der Waals surface area contributed by atoms with Gasteiger partial charge < -0.3 is 15.1 Å². The molecule has 0 aliphatic carbocycles. The number of aromatic nitrogens is 2. The van der Waals surface area contributed by atoms with Crippen molar-refractivity contribution in [1.82, 2.24) is 14.9 Å². The zero-order chi connectivity index (χ0) is 19.3. The van der Waals surface area contributed by atoms with Gasteiger partial charge in [0.15, 0.2) is 0 Å². The number of carbonyl (C=O) groups is 1. The molecule has 0 unspecified atom stereocenters. The van der Waals surface area contributed by atoms with Gasteiger partial charge in [0.2, 0.25) is 0 Å². The second-order valence-electron chi connectivity index (χ2n) is 6.79. The molecular weight excluding hydrogens is 350 g/mol. The Labute approximate surface area is 164 Å². The summed E-state index contributed by atoms with van der Waals surface area (Å²) in [4.78, 5) is 25.9. The molecule has 1 aliphatic heterocycles. The lowest BCUT2D eigenvalue weighted by molar-refractivity contribution is 0.0740. The van der Waals surface area contributed by atoms with Gasteiger partial charge in [-0.05, 0) is 31.2 Å². The van der Waals surface area contributed by atoms with Crippen molar-refractivity contribution >= 4 is 23.1 Å². The van der Waals surface area contributed by atoms with E-state index in [-0.39, 0.29) is 5.91 Å². The molecule has 2 heterocycles. The number of hydrogen-bond donors (Lipinski definition) is 1. The summed E-state index contributed by atoms with van der Waals surface area (Å²) in [7, 11) is 0. The Bertz CT molecular complexity index is 938. The van der Waals surface area contributed by atoms with Crippen LogP contribution in [0.25, 0.3) is 0 Å². The Morgan fingerprint density at radius 3 is 2.21 bits per heavy atom. The fourth-order valence-corrected chi connectivity index (χ4v) is 3.38. The minimum absolute atomic E-state index is 0.0469. The quantitative estimate of drug-likeness (QED) is 0.759. The van der Waals surface area contributed by atoms with Gasteiger partial charge in [0.25, 0.3) is 5.91 Å². The van der Waals surface area contributed by atoms with E-state index in [9.17, 15) is 4.79 Å². The maximum Gasteiger partial charge on any atom is 0.272 e. The van der Waals surface area contributed by atoms with Crippen molar-refractivity contribution in [1.29, 1.82) is 0 Å². The molecule has 1 fully saturated rings. The first-order valence-electron chi connectivity index (χ1n) is 9.46. The van der Waals surface area contributed by atoms with E-state index in [1.165, 1.54) is 5.69 Å². The van der Waals surface area contributed by atoms with Crippen LogP contribution in [0.15, 0.2) is 66.7 Å². The zero-order valence-corrected chi connectivity index (χ0v) is 15.9. The van der Waals surface area contributed by atoms with Crippen molar-refractivity contribution < 1.29 is 4.79 Å².